The smallest absolute Gasteiger partial charge is 0.0563 e. The normalized spacial score (nSPS) is 11.0. The summed E-state index contributed by atoms with van der Waals surface area (Å²) < 4.78 is 3.31. The Kier molecular flexibility index (Phi) is 3.55. The Morgan fingerprint density at radius 3 is 2.22 bits per heavy atom. The van der Waals surface area contributed by atoms with E-state index in [1.54, 1.807) is 0 Å². The molecule has 4 aromatic rings. The molecule has 112 valence electrons. The second kappa shape index (κ2) is 5.71. The van der Waals surface area contributed by atoms with E-state index in [1.807, 2.05) is 0 Å². The minimum atomic E-state index is 1.10. The Bertz CT molecular complexity index is 966. The fourth-order valence-electron chi connectivity index (χ4n) is 3.16. The highest BCUT2D eigenvalue weighted by atomic mass is 79.9. The maximum Gasteiger partial charge on any atom is 0.0563 e. The van der Waals surface area contributed by atoms with Crippen LogP contribution in [0.4, 0.5) is 0 Å². The first-order chi connectivity index (χ1) is 11.2. The van der Waals surface area contributed by atoms with Crippen molar-refractivity contribution in [1.29, 1.82) is 0 Å². The number of hydrogen-bond donors (Lipinski definition) is 0. The van der Waals surface area contributed by atoms with Crippen molar-refractivity contribution in [2.24, 2.45) is 7.05 Å². The van der Waals surface area contributed by atoms with Crippen molar-refractivity contribution in [2.75, 3.05) is 0 Å². The lowest BCUT2D eigenvalue weighted by molar-refractivity contribution is 0.970. The van der Waals surface area contributed by atoms with E-state index >= 15 is 0 Å². The molecule has 0 aliphatic carbocycles. The molecule has 0 radical (unpaired) electrons. The zero-order chi connectivity index (χ0) is 15.8. The maximum atomic E-state index is 3.52. The highest BCUT2D eigenvalue weighted by Crippen LogP contribution is 2.38. The quantitative estimate of drug-likeness (QED) is 0.396. The van der Waals surface area contributed by atoms with E-state index in [0.717, 1.165) is 4.47 Å². The molecule has 1 aromatic heterocycles. The molecular weight excluding hydrogens is 346 g/mol. The van der Waals surface area contributed by atoms with Crippen LogP contribution in [0, 0.1) is 0 Å². The predicted molar refractivity (Wildman–Crippen MR) is 101 cm³/mol. The number of nitrogens with zero attached hydrogens (tertiary/aromatic N) is 1. The van der Waals surface area contributed by atoms with Crippen LogP contribution in [-0.2, 0) is 7.05 Å². The summed E-state index contributed by atoms with van der Waals surface area (Å²) in [6.45, 7) is 0. The van der Waals surface area contributed by atoms with Crippen molar-refractivity contribution in [3.05, 3.63) is 83.5 Å². The van der Waals surface area contributed by atoms with E-state index in [2.05, 4.69) is 107 Å². The molecule has 1 heterocycles. The summed E-state index contributed by atoms with van der Waals surface area (Å²) >= 11 is 3.52. The van der Waals surface area contributed by atoms with Crippen molar-refractivity contribution in [2.45, 2.75) is 0 Å². The van der Waals surface area contributed by atoms with Gasteiger partial charge in [-0.15, -0.1) is 0 Å². The van der Waals surface area contributed by atoms with E-state index in [4.69, 9.17) is 0 Å². The molecule has 3 aromatic carbocycles. The van der Waals surface area contributed by atoms with Gasteiger partial charge in [0, 0.05) is 28.7 Å². The molecule has 0 atom stereocenters. The lowest BCUT2D eigenvalue weighted by atomic mass is 9.92. The zero-order valence-electron chi connectivity index (χ0n) is 12.8. The van der Waals surface area contributed by atoms with Gasteiger partial charge < -0.3 is 4.57 Å². The van der Waals surface area contributed by atoms with Crippen LogP contribution in [0.25, 0.3) is 33.2 Å². The van der Waals surface area contributed by atoms with Gasteiger partial charge in [0.25, 0.3) is 0 Å². The summed E-state index contributed by atoms with van der Waals surface area (Å²) in [5, 5.41) is 1.27. The Morgan fingerprint density at radius 1 is 0.739 bits per heavy atom. The fraction of sp³-hybridized carbons (Fsp3) is 0.0476. The molecule has 1 nitrogen and oxygen atoms in total. The topological polar surface area (TPSA) is 4.93 Å². The molecule has 0 unspecified atom stereocenters. The van der Waals surface area contributed by atoms with Crippen LogP contribution in [0.1, 0.15) is 0 Å². The molecule has 0 fully saturated rings. The van der Waals surface area contributed by atoms with Crippen LogP contribution in [0.15, 0.2) is 83.5 Å². The van der Waals surface area contributed by atoms with Gasteiger partial charge in [-0.25, -0.2) is 0 Å². The van der Waals surface area contributed by atoms with Crippen LogP contribution < -0.4 is 0 Å². The van der Waals surface area contributed by atoms with Crippen molar-refractivity contribution in [3.63, 3.8) is 0 Å². The predicted octanol–water partition coefficient (Wildman–Crippen LogP) is 6.27. The number of aryl methyl sites for hydroxylation is 1. The first-order valence-corrected chi connectivity index (χ1v) is 8.43. The van der Waals surface area contributed by atoms with Crippen molar-refractivity contribution >= 4 is 26.8 Å². The average Bonchev–Trinajstić information content (AvgIpc) is 2.97. The van der Waals surface area contributed by atoms with Gasteiger partial charge in [-0.2, -0.15) is 0 Å². The summed E-state index contributed by atoms with van der Waals surface area (Å²) in [5.74, 6) is 0. The summed E-state index contributed by atoms with van der Waals surface area (Å²) in [5.41, 5.74) is 6.31. The maximum absolute atomic E-state index is 3.52. The molecule has 2 heteroatoms. The average molecular weight is 362 g/mol. The van der Waals surface area contributed by atoms with Gasteiger partial charge in [0.15, 0.2) is 0 Å². The third-order valence-electron chi connectivity index (χ3n) is 4.26. The Balaban J connectivity index is 2.08. The van der Waals surface area contributed by atoms with E-state index < -0.39 is 0 Å². The Labute approximate surface area is 144 Å². The number of hydrogen-bond acceptors (Lipinski definition) is 0. The van der Waals surface area contributed by atoms with E-state index in [0.29, 0.717) is 0 Å². The van der Waals surface area contributed by atoms with Gasteiger partial charge in [-0.05, 0) is 34.9 Å². The molecule has 0 saturated carbocycles. The number of aromatic nitrogens is 1. The SMILES string of the molecule is Cn1ccc2ccc(-c3ccc(Br)cc3)c(-c3ccccc3)c21. The number of fused-ring (bicyclic) bond motifs is 1. The third-order valence-corrected chi connectivity index (χ3v) is 4.79. The highest BCUT2D eigenvalue weighted by Gasteiger charge is 2.13. The Morgan fingerprint density at radius 2 is 1.48 bits per heavy atom. The lowest BCUT2D eigenvalue weighted by Gasteiger charge is -2.14. The zero-order valence-corrected chi connectivity index (χ0v) is 14.4. The molecule has 23 heavy (non-hydrogen) atoms. The third kappa shape index (κ3) is 2.49. The molecule has 4 rings (SSSR count). The standard InChI is InChI=1S/C21H16BrN/c1-23-14-13-17-9-12-19(15-7-10-18(22)11-8-15)20(21(17)23)16-5-3-2-4-6-16/h2-14H,1H3. The van der Waals surface area contributed by atoms with Crippen LogP contribution in [-0.4, -0.2) is 4.57 Å². The van der Waals surface area contributed by atoms with Gasteiger partial charge in [0.1, 0.15) is 0 Å². The van der Waals surface area contributed by atoms with Crippen LogP contribution in [0.3, 0.4) is 0 Å². The monoisotopic (exact) mass is 361 g/mol. The highest BCUT2D eigenvalue weighted by molar-refractivity contribution is 9.10. The van der Waals surface area contributed by atoms with Gasteiger partial charge >= 0.3 is 0 Å². The summed E-state index contributed by atoms with van der Waals surface area (Å²) in [4.78, 5) is 0. The van der Waals surface area contributed by atoms with E-state index in [1.165, 1.54) is 33.2 Å². The Hall–Kier alpha value is -2.32. The van der Waals surface area contributed by atoms with E-state index in [-0.39, 0.29) is 0 Å². The van der Waals surface area contributed by atoms with E-state index in [9.17, 15) is 0 Å². The summed E-state index contributed by atoms with van der Waals surface area (Å²) in [7, 11) is 2.11. The second-order valence-electron chi connectivity index (χ2n) is 5.73. The first kappa shape index (κ1) is 14.3. The minimum absolute atomic E-state index is 1.10. The molecule has 0 bridgehead atoms. The molecule has 0 saturated heterocycles. The molecular formula is C21H16BrN. The van der Waals surface area contributed by atoms with Gasteiger partial charge in [0.05, 0.1) is 5.52 Å². The molecule has 0 aliphatic rings. The molecule has 0 aliphatic heterocycles. The van der Waals surface area contributed by atoms with Crippen molar-refractivity contribution < 1.29 is 0 Å². The molecule has 0 amide bonds. The van der Waals surface area contributed by atoms with Crippen LogP contribution in [0.2, 0.25) is 0 Å². The molecule has 0 spiro atoms. The number of halogens is 1. The van der Waals surface area contributed by atoms with Crippen molar-refractivity contribution in [1.82, 2.24) is 4.57 Å². The minimum Gasteiger partial charge on any atom is -0.350 e. The number of benzene rings is 3. The van der Waals surface area contributed by atoms with Crippen molar-refractivity contribution in [3.8, 4) is 22.3 Å². The largest absolute Gasteiger partial charge is 0.350 e. The van der Waals surface area contributed by atoms with Gasteiger partial charge in [-0.3, -0.25) is 0 Å². The summed E-state index contributed by atoms with van der Waals surface area (Å²) in [6.07, 6.45) is 2.13. The summed E-state index contributed by atoms with van der Waals surface area (Å²) in [6, 6.07) is 25.8. The van der Waals surface area contributed by atoms with Gasteiger partial charge in [-0.1, -0.05) is 70.5 Å². The van der Waals surface area contributed by atoms with Crippen LogP contribution >= 0.6 is 15.9 Å². The fourth-order valence-corrected chi connectivity index (χ4v) is 3.42. The number of rotatable bonds is 2. The molecule has 0 N–H and O–H groups in total. The van der Waals surface area contributed by atoms with Crippen LogP contribution in [0.5, 0.6) is 0 Å². The van der Waals surface area contributed by atoms with Gasteiger partial charge in [0.2, 0.25) is 0 Å². The lowest BCUT2D eigenvalue weighted by Crippen LogP contribution is -1.92. The first-order valence-electron chi connectivity index (χ1n) is 7.63. The second-order valence-corrected chi connectivity index (χ2v) is 6.64.